The summed E-state index contributed by atoms with van der Waals surface area (Å²) >= 11 is 0. The molecule has 0 aliphatic carbocycles. The van der Waals surface area contributed by atoms with Gasteiger partial charge in [-0.15, -0.1) is 0 Å². The van der Waals surface area contributed by atoms with Gasteiger partial charge in [0.05, 0.1) is 0 Å². The first-order valence-electron chi connectivity index (χ1n) is 7.64. The maximum absolute atomic E-state index is 3.73. The van der Waals surface area contributed by atoms with E-state index in [1.807, 2.05) is 0 Å². The predicted molar refractivity (Wildman–Crippen MR) is 80.4 cm³/mol. The van der Waals surface area contributed by atoms with Crippen molar-refractivity contribution in [3.8, 4) is 0 Å². The Kier molecular flexibility index (Phi) is 3.64. The van der Waals surface area contributed by atoms with E-state index in [9.17, 15) is 0 Å². The highest BCUT2D eigenvalue weighted by Crippen LogP contribution is 2.30. The van der Waals surface area contributed by atoms with E-state index in [2.05, 4.69) is 49.3 Å². The number of nitrogens with zero attached hydrogens (tertiary/aromatic N) is 1. The van der Waals surface area contributed by atoms with E-state index < -0.39 is 0 Å². The fraction of sp³-hybridized carbons (Fsp3) is 0.647. The predicted octanol–water partition coefficient (Wildman–Crippen LogP) is 3.02. The van der Waals surface area contributed by atoms with Crippen molar-refractivity contribution in [1.29, 1.82) is 0 Å². The summed E-state index contributed by atoms with van der Waals surface area (Å²) in [5, 5.41) is 3.73. The van der Waals surface area contributed by atoms with Gasteiger partial charge in [-0.2, -0.15) is 0 Å². The molecule has 2 unspecified atom stereocenters. The molecule has 3 rings (SSSR count). The molecule has 2 aliphatic heterocycles. The quantitative estimate of drug-likeness (QED) is 0.896. The monoisotopic (exact) mass is 258 g/mol. The topological polar surface area (TPSA) is 15.3 Å². The molecule has 2 atom stereocenters. The summed E-state index contributed by atoms with van der Waals surface area (Å²) in [6.07, 6.45) is 5.44. The lowest BCUT2D eigenvalue weighted by molar-refractivity contribution is 0.165. The third kappa shape index (κ3) is 2.85. The van der Waals surface area contributed by atoms with Crippen LogP contribution in [0.5, 0.6) is 0 Å². The first-order valence-corrected chi connectivity index (χ1v) is 7.64. The SMILES string of the molecule is Cc1ccc(C)c(CN(C)C2CC3CCC(C2)N3)c1. The van der Waals surface area contributed by atoms with Crippen LogP contribution in [0.1, 0.15) is 42.4 Å². The van der Waals surface area contributed by atoms with Crippen molar-refractivity contribution >= 4 is 0 Å². The largest absolute Gasteiger partial charge is 0.311 e. The maximum Gasteiger partial charge on any atom is 0.0236 e. The molecule has 1 aromatic rings. The molecular weight excluding hydrogens is 232 g/mol. The number of piperidine rings is 1. The summed E-state index contributed by atoms with van der Waals surface area (Å²) in [7, 11) is 2.30. The maximum atomic E-state index is 3.73. The number of hydrogen-bond acceptors (Lipinski definition) is 2. The lowest BCUT2D eigenvalue weighted by Gasteiger charge is -2.36. The van der Waals surface area contributed by atoms with Crippen molar-refractivity contribution < 1.29 is 0 Å². The van der Waals surface area contributed by atoms with Crippen LogP contribution in [0.15, 0.2) is 18.2 Å². The van der Waals surface area contributed by atoms with E-state index in [1.165, 1.54) is 42.4 Å². The Morgan fingerprint density at radius 2 is 1.84 bits per heavy atom. The molecule has 104 valence electrons. The molecule has 2 heteroatoms. The number of hydrogen-bond donors (Lipinski definition) is 1. The van der Waals surface area contributed by atoms with Gasteiger partial charge in [0.2, 0.25) is 0 Å². The number of benzene rings is 1. The molecule has 2 aliphatic rings. The summed E-state index contributed by atoms with van der Waals surface area (Å²) in [4.78, 5) is 2.58. The molecule has 2 nitrogen and oxygen atoms in total. The van der Waals surface area contributed by atoms with Gasteiger partial charge in [-0.05, 0) is 57.7 Å². The average molecular weight is 258 g/mol. The number of rotatable bonds is 3. The molecule has 19 heavy (non-hydrogen) atoms. The van der Waals surface area contributed by atoms with Gasteiger partial charge in [0, 0.05) is 24.7 Å². The molecule has 1 aromatic carbocycles. The molecule has 2 fully saturated rings. The van der Waals surface area contributed by atoms with Crippen LogP contribution in [0.4, 0.5) is 0 Å². The number of aryl methyl sites for hydroxylation is 2. The van der Waals surface area contributed by atoms with Gasteiger partial charge in [-0.25, -0.2) is 0 Å². The Balaban J connectivity index is 1.67. The molecule has 0 amide bonds. The summed E-state index contributed by atoms with van der Waals surface area (Å²) in [5.41, 5.74) is 4.29. The van der Waals surface area contributed by atoms with Crippen LogP contribution >= 0.6 is 0 Å². The van der Waals surface area contributed by atoms with E-state index in [1.54, 1.807) is 0 Å². The van der Waals surface area contributed by atoms with E-state index in [-0.39, 0.29) is 0 Å². The molecule has 0 saturated carbocycles. The van der Waals surface area contributed by atoms with E-state index in [0.29, 0.717) is 0 Å². The summed E-state index contributed by atoms with van der Waals surface area (Å²) in [6, 6.07) is 9.14. The van der Waals surface area contributed by atoms with Crippen molar-refractivity contribution in [2.75, 3.05) is 7.05 Å². The summed E-state index contributed by atoms with van der Waals surface area (Å²) < 4.78 is 0. The van der Waals surface area contributed by atoms with Gasteiger partial charge < -0.3 is 5.32 Å². The third-order valence-electron chi connectivity index (χ3n) is 5.00. The van der Waals surface area contributed by atoms with E-state index in [4.69, 9.17) is 0 Å². The minimum absolute atomic E-state index is 0.763. The zero-order valence-electron chi connectivity index (χ0n) is 12.4. The van der Waals surface area contributed by atoms with Gasteiger partial charge in [0.1, 0.15) is 0 Å². The number of fused-ring (bicyclic) bond motifs is 2. The molecular formula is C17H26N2. The summed E-state index contributed by atoms with van der Waals surface area (Å²) in [5.74, 6) is 0. The average Bonchev–Trinajstić information content (AvgIpc) is 2.72. The van der Waals surface area contributed by atoms with Crippen LogP contribution in [-0.2, 0) is 6.54 Å². The first kappa shape index (κ1) is 13.1. The molecule has 0 spiro atoms. The molecule has 0 aromatic heterocycles. The fourth-order valence-corrected chi connectivity index (χ4v) is 3.76. The van der Waals surface area contributed by atoms with Crippen LogP contribution in [-0.4, -0.2) is 30.1 Å². The smallest absolute Gasteiger partial charge is 0.0236 e. The van der Waals surface area contributed by atoms with Crippen LogP contribution in [0.2, 0.25) is 0 Å². The Labute approximate surface area is 117 Å². The van der Waals surface area contributed by atoms with Crippen LogP contribution in [0.3, 0.4) is 0 Å². The van der Waals surface area contributed by atoms with Crippen LogP contribution in [0.25, 0.3) is 0 Å². The second-order valence-corrected chi connectivity index (χ2v) is 6.61. The Morgan fingerprint density at radius 3 is 2.53 bits per heavy atom. The molecule has 2 bridgehead atoms. The van der Waals surface area contributed by atoms with Crippen molar-refractivity contribution in [3.63, 3.8) is 0 Å². The first-order chi connectivity index (χ1) is 9.11. The van der Waals surface area contributed by atoms with E-state index >= 15 is 0 Å². The second-order valence-electron chi connectivity index (χ2n) is 6.61. The number of nitrogens with one attached hydrogen (secondary N) is 1. The Morgan fingerprint density at radius 1 is 1.16 bits per heavy atom. The van der Waals surface area contributed by atoms with Gasteiger partial charge in [0.15, 0.2) is 0 Å². The summed E-state index contributed by atoms with van der Waals surface area (Å²) in [6.45, 7) is 5.51. The van der Waals surface area contributed by atoms with Gasteiger partial charge in [0.25, 0.3) is 0 Å². The second kappa shape index (κ2) is 5.26. The van der Waals surface area contributed by atoms with Crippen molar-refractivity contribution in [1.82, 2.24) is 10.2 Å². The zero-order valence-corrected chi connectivity index (χ0v) is 12.4. The highest BCUT2D eigenvalue weighted by molar-refractivity contribution is 5.30. The normalized spacial score (nSPS) is 30.0. The highest BCUT2D eigenvalue weighted by Gasteiger charge is 2.34. The minimum atomic E-state index is 0.763. The Bertz CT molecular complexity index is 443. The molecule has 2 saturated heterocycles. The fourth-order valence-electron chi connectivity index (χ4n) is 3.76. The van der Waals surface area contributed by atoms with Gasteiger partial charge >= 0.3 is 0 Å². The van der Waals surface area contributed by atoms with Crippen molar-refractivity contribution in [3.05, 3.63) is 34.9 Å². The van der Waals surface area contributed by atoms with Crippen molar-refractivity contribution in [2.24, 2.45) is 0 Å². The van der Waals surface area contributed by atoms with Gasteiger partial charge in [-0.3, -0.25) is 4.90 Å². The standard InChI is InChI=1S/C17H26N2/c1-12-4-5-13(2)14(8-12)11-19(3)17-9-15-6-7-16(10-17)18-15/h4-5,8,15-18H,6-7,9-11H2,1-3H3. The molecule has 1 N–H and O–H groups in total. The Hall–Kier alpha value is -0.860. The van der Waals surface area contributed by atoms with Crippen molar-refractivity contribution in [2.45, 2.75) is 64.2 Å². The lowest BCUT2D eigenvalue weighted by Crippen LogP contribution is -2.46. The molecule has 2 heterocycles. The van der Waals surface area contributed by atoms with Crippen LogP contribution in [0, 0.1) is 13.8 Å². The third-order valence-corrected chi connectivity index (χ3v) is 5.00. The lowest BCUT2D eigenvalue weighted by atomic mass is 9.97. The van der Waals surface area contributed by atoms with E-state index in [0.717, 1.165) is 24.7 Å². The molecule has 0 radical (unpaired) electrons. The van der Waals surface area contributed by atoms with Crippen LogP contribution < -0.4 is 5.32 Å². The zero-order chi connectivity index (χ0) is 13.4. The van der Waals surface area contributed by atoms with Gasteiger partial charge in [-0.1, -0.05) is 23.8 Å². The minimum Gasteiger partial charge on any atom is -0.311 e. The highest BCUT2D eigenvalue weighted by atomic mass is 15.2.